The highest BCUT2D eigenvalue weighted by atomic mass is 32.1. The van der Waals surface area contributed by atoms with E-state index in [1.54, 1.807) is 6.92 Å². The summed E-state index contributed by atoms with van der Waals surface area (Å²) in [4.78, 5) is 11.8. The molecule has 1 aliphatic heterocycles. The van der Waals surface area contributed by atoms with E-state index in [4.69, 9.17) is 22.6 Å². The van der Waals surface area contributed by atoms with Crippen LogP contribution in [-0.2, 0) is 4.79 Å². The average molecular weight is 284 g/mol. The fourth-order valence-electron chi connectivity index (χ4n) is 1.01. The van der Waals surface area contributed by atoms with Crippen LogP contribution >= 0.6 is 24.8 Å². The number of aliphatic carboxylic acids is 1. The maximum atomic E-state index is 9.91. The molecule has 0 spiro atoms. The number of allylic oxidation sites excluding steroid dienone is 2. The molecule has 0 saturated heterocycles. The molecule has 0 aromatic carbocycles. The number of nitriles is 1. The molecule has 1 aliphatic rings. The molecule has 98 valence electrons. The molecule has 1 atom stereocenters. The number of hydrogen-bond donors (Lipinski definition) is 2. The van der Waals surface area contributed by atoms with Crippen LogP contribution in [0.4, 0.5) is 0 Å². The summed E-state index contributed by atoms with van der Waals surface area (Å²) in [6, 6.07) is 1.96. The molecule has 0 aromatic rings. The highest BCUT2D eigenvalue weighted by Gasteiger charge is 2.02. The van der Waals surface area contributed by atoms with Crippen molar-refractivity contribution in [3.05, 3.63) is 24.4 Å². The summed E-state index contributed by atoms with van der Waals surface area (Å²) in [7, 11) is 0. The third-order valence-electron chi connectivity index (χ3n) is 2.07. The summed E-state index contributed by atoms with van der Waals surface area (Å²) in [5.41, 5.74) is 0. The number of rotatable bonds is 3. The van der Waals surface area contributed by atoms with Gasteiger partial charge >= 0.3 is 5.97 Å². The zero-order chi connectivity index (χ0) is 14.0. The Kier molecular flexibility index (Phi) is 8.97. The summed E-state index contributed by atoms with van der Waals surface area (Å²) in [6.07, 6.45) is 8.41. The average Bonchev–Trinajstić information content (AvgIpc) is 2.37. The lowest BCUT2D eigenvalue weighted by Gasteiger charge is -2.16. The summed E-state index contributed by atoms with van der Waals surface area (Å²) in [6.45, 7) is 2.56. The first-order valence-electron chi connectivity index (χ1n) is 5.41. The van der Waals surface area contributed by atoms with E-state index in [1.807, 2.05) is 35.4 Å². The fourth-order valence-corrected chi connectivity index (χ4v) is 1.30. The molecule has 0 aromatic heterocycles. The van der Waals surface area contributed by atoms with Crippen LogP contribution in [0.1, 0.15) is 19.8 Å². The van der Waals surface area contributed by atoms with Crippen LogP contribution in [0.15, 0.2) is 24.4 Å². The van der Waals surface area contributed by atoms with Crippen LogP contribution < -0.4 is 0 Å². The van der Waals surface area contributed by atoms with Crippen molar-refractivity contribution in [2.24, 2.45) is 5.92 Å². The molecule has 0 fully saturated rings. The second-order valence-corrected chi connectivity index (χ2v) is 4.78. The highest BCUT2D eigenvalue weighted by Crippen LogP contribution is 2.02. The van der Waals surface area contributed by atoms with E-state index >= 15 is 0 Å². The first-order valence-corrected chi connectivity index (χ1v) is 6.27. The Morgan fingerprint density at radius 3 is 2.67 bits per heavy atom. The third-order valence-corrected chi connectivity index (χ3v) is 2.56. The van der Waals surface area contributed by atoms with E-state index in [-0.39, 0.29) is 12.3 Å². The summed E-state index contributed by atoms with van der Waals surface area (Å²) >= 11 is 8.83. The molecular weight excluding hydrogens is 268 g/mol. The van der Waals surface area contributed by atoms with Crippen LogP contribution in [-0.4, -0.2) is 26.8 Å². The number of carboxylic acid groups (broad SMARTS) is 1. The highest BCUT2D eigenvalue weighted by molar-refractivity contribution is 8.10. The van der Waals surface area contributed by atoms with E-state index in [0.29, 0.717) is 10.7 Å². The third kappa shape index (κ3) is 8.79. The van der Waals surface area contributed by atoms with Crippen molar-refractivity contribution in [2.45, 2.75) is 19.8 Å². The smallest absolute Gasteiger partial charge is 0.303 e. The molecule has 4 nitrogen and oxygen atoms in total. The number of thiol groups is 1. The second-order valence-electron chi connectivity index (χ2n) is 3.67. The maximum Gasteiger partial charge on any atom is 0.303 e. The Labute approximate surface area is 118 Å². The van der Waals surface area contributed by atoms with Gasteiger partial charge in [0, 0.05) is 25.1 Å². The summed E-state index contributed by atoms with van der Waals surface area (Å²) < 4.78 is 0.621. The lowest BCUT2D eigenvalue weighted by atomic mass is 10.1. The number of hydrogen-bond acceptors (Lipinski definition) is 3. The fraction of sp³-hybridized carbons (Fsp3) is 0.417. The van der Waals surface area contributed by atoms with Crippen LogP contribution in [0.3, 0.4) is 0 Å². The Bertz CT molecular complexity index is 386. The molecule has 0 bridgehead atoms. The Morgan fingerprint density at radius 2 is 2.33 bits per heavy atom. The molecule has 1 N–H and O–H groups in total. The standard InChI is InChI=1S/C6H9NO2.C6H7NS2/c1-5(4-7)2-3-6(8)9;8-6(9)7-4-2-1-3-5-7/h5H,2-3H2,1H3,(H,8,9);1-4H,5H2,(H,8,9). The lowest BCUT2D eigenvalue weighted by Crippen LogP contribution is -2.20. The monoisotopic (exact) mass is 284 g/mol. The Balaban J connectivity index is 0.000000321. The zero-order valence-corrected chi connectivity index (χ0v) is 11.8. The Hall–Kier alpha value is -1.32. The van der Waals surface area contributed by atoms with Crippen molar-refractivity contribution >= 4 is 35.1 Å². The molecule has 0 saturated carbocycles. The van der Waals surface area contributed by atoms with Gasteiger partial charge in [-0.1, -0.05) is 24.4 Å². The van der Waals surface area contributed by atoms with Gasteiger partial charge < -0.3 is 10.0 Å². The van der Waals surface area contributed by atoms with Gasteiger partial charge in [0.1, 0.15) is 4.32 Å². The normalized spacial score (nSPS) is 14.2. The molecule has 1 heterocycles. The van der Waals surface area contributed by atoms with Crippen molar-refractivity contribution in [3.8, 4) is 6.07 Å². The van der Waals surface area contributed by atoms with Gasteiger partial charge in [0.2, 0.25) is 0 Å². The van der Waals surface area contributed by atoms with Crippen LogP contribution in [0.2, 0.25) is 0 Å². The van der Waals surface area contributed by atoms with Gasteiger partial charge in [-0.05, 0) is 19.4 Å². The first kappa shape index (κ1) is 16.7. The first-order chi connectivity index (χ1) is 8.47. The minimum atomic E-state index is -0.836. The van der Waals surface area contributed by atoms with E-state index in [9.17, 15) is 4.79 Å². The number of thiocarbonyl (C=S) groups is 1. The number of nitrogens with zero attached hydrogens (tertiary/aromatic N) is 2. The molecule has 1 rings (SSSR count). The Morgan fingerprint density at radius 1 is 1.67 bits per heavy atom. The van der Waals surface area contributed by atoms with Crippen molar-refractivity contribution in [1.82, 2.24) is 4.90 Å². The SMILES string of the molecule is CC(C#N)CCC(=O)O.S=C(S)N1C=CC=CC1. The largest absolute Gasteiger partial charge is 0.481 e. The van der Waals surface area contributed by atoms with Gasteiger partial charge in [0.15, 0.2) is 0 Å². The lowest BCUT2D eigenvalue weighted by molar-refractivity contribution is -0.137. The second kappa shape index (κ2) is 9.68. The van der Waals surface area contributed by atoms with Gasteiger partial charge in [-0.2, -0.15) is 5.26 Å². The molecule has 0 aliphatic carbocycles. The molecule has 6 heteroatoms. The van der Waals surface area contributed by atoms with E-state index in [0.717, 1.165) is 6.54 Å². The molecular formula is C12H16N2O2S2. The maximum absolute atomic E-state index is 9.91. The number of carboxylic acids is 1. The summed E-state index contributed by atoms with van der Waals surface area (Å²) in [5.74, 6) is -0.974. The minimum Gasteiger partial charge on any atom is -0.481 e. The van der Waals surface area contributed by atoms with Crippen molar-refractivity contribution in [3.63, 3.8) is 0 Å². The van der Waals surface area contributed by atoms with Crippen molar-refractivity contribution in [2.75, 3.05) is 6.54 Å². The van der Waals surface area contributed by atoms with E-state index in [2.05, 4.69) is 12.6 Å². The quantitative estimate of drug-likeness (QED) is 0.616. The predicted octanol–water partition coefficient (Wildman–Crippen LogP) is 2.60. The molecule has 0 amide bonds. The van der Waals surface area contributed by atoms with Gasteiger partial charge in [0.05, 0.1) is 6.07 Å². The topological polar surface area (TPSA) is 64.3 Å². The van der Waals surface area contributed by atoms with E-state index in [1.165, 1.54) is 0 Å². The summed E-state index contributed by atoms with van der Waals surface area (Å²) in [5, 5.41) is 16.4. The minimum absolute atomic E-state index is 0.0920. The van der Waals surface area contributed by atoms with Gasteiger partial charge in [0.25, 0.3) is 0 Å². The molecule has 18 heavy (non-hydrogen) atoms. The van der Waals surface area contributed by atoms with Gasteiger partial charge in [-0.15, -0.1) is 12.6 Å². The molecule has 0 radical (unpaired) electrons. The zero-order valence-electron chi connectivity index (χ0n) is 10.1. The van der Waals surface area contributed by atoms with Crippen LogP contribution in [0.5, 0.6) is 0 Å². The predicted molar refractivity (Wildman–Crippen MR) is 78.2 cm³/mol. The number of carbonyl (C=O) groups is 1. The van der Waals surface area contributed by atoms with Crippen molar-refractivity contribution < 1.29 is 9.90 Å². The van der Waals surface area contributed by atoms with Crippen LogP contribution in [0.25, 0.3) is 0 Å². The van der Waals surface area contributed by atoms with Gasteiger partial charge in [-0.25, -0.2) is 0 Å². The molecule has 1 unspecified atom stereocenters. The van der Waals surface area contributed by atoms with E-state index < -0.39 is 5.97 Å². The van der Waals surface area contributed by atoms with Crippen molar-refractivity contribution in [1.29, 1.82) is 5.26 Å². The van der Waals surface area contributed by atoms with Gasteiger partial charge in [-0.3, -0.25) is 4.79 Å². The van der Waals surface area contributed by atoms with Crippen LogP contribution in [0, 0.1) is 17.2 Å².